The summed E-state index contributed by atoms with van der Waals surface area (Å²) in [6.45, 7) is 2.05. The molecule has 0 spiro atoms. The molecule has 134 valence electrons. The van der Waals surface area contributed by atoms with Crippen molar-refractivity contribution in [3.05, 3.63) is 60.2 Å². The summed E-state index contributed by atoms with van der Waals surface area (Å²) in [6.07, 6.45) is 1.65. The first kappa shape index (κ1) is 19.1. The van der Waals surface area contributed by atoms with E-state index in [1.165, 1.54) is 26.2 Å². The number of carbonyl (C=O) groups is 1. The first-order chi connectivity index (χ1) is 11.9. The normalized spacial score (nSPS) is 12.8. The quantitative estimate of drug-likeness (QED) is 0.822. The number of nitrogens with zero attached hydrogens (tertiary/aromatic N) is 1. The Morgan fingerprint density at radius 2 is 1.64 bits per heavy atom. The molecule has 0 heterocycles. The van der Waals surface area contributed by atoms with Crippen LogP contribution in [0.5, 0.6) is 0 Å². The fourth-order valence-electron chi connectivity index (χ4n) is 2.57. The van der Waals surface area contributed by atoms with Gasteiger partial charge in [0.15, 0.2) is 0 Å². The third kappa shape index (κ3) is 4.67. The largest absolute Gasteiger partial charge is 0.326 e. The highest BCUT2D eigenvalue weighted by molar-refractivity contribution is 7.89. The maximum Gasteiger partial charge on any atom is 0.242 e. The Kier molecular flexibility index (Phi) is 6.33. The molecule has 25 heavy (non-hydrogen) atoms. The van der Waals surface area contributed by atoms with Gasteiger partial charge < -0.3 is 5.32 Å². The molecule has 0 aliphatic heterocycles. The predicted molar refractivity (Wildman–Crippen MR) is 100 cm³/mol. The second-order valence-corrected chi connectivity index (χ2v) is 8.20. The Hall–Kier alpha value is -2.18. The maximum absolute atomic E-state index is 12.7. The van der Waals surface area contributed by atoms with E-state index in [-0.39, 0.29) is 16.7 Å². The van der Waals surface area contributed by atoms with E-state index in [9.17, 15) is 13.2 Å². The van der Waals surface area contributed by atoms with Crippen LogP contribution in [0.1, 0.15) is 31.2 Å². The molecule has 5 nitrogen and oxygen atoms in total. The number of rotatable bonds is 7. The molecule has 0 bridgehead atoms. The molecule has 1 amide bonds. The Morgan fingerprint density at radius 1 is 1.04 bits per heavy atom. The minimum absolute atomic E-state index is 0.0868. The Morgan fingerprint density at radius 3 is 2.16 bits per heavy atom. The van der Waals surface area contributed by atoms with Gasteiger partial charge >= 0.3 is 0 Å². The zero-order valence-electron chi connectivity index (χ0n) is 14.8. The third-order valence-electron chi connectivity index (χ3n) is 4.00. The van der Waals surface area contributed by atoms with E-state index in [1.807, 2.05) is 37.3 Å². The molecule has 0 radical (unpaired) electrons. The summed E-state index contributed by atoms with van der Waals surface area (Å²) in [5, 5.41) is 2.89. The van der Waals surface area contributed by atoms with E-state index >= 15 is 0 Å². The first-order valence-electron chi connectivity index (χ1n) is 8.24. The number of sulfonamides is 1. The lowest BCUT2D eigenvalue weighted by atomic mass is 9.93. The van der Waals surface area contributed by atoms with Crippen molar-refractivity contribution in [2.24, 2.45) is 0 Å². The lowest BCUT2D eigenvalue weighted by molar-refractivity contribution is -0.117. The zero-order valence-corrected chi connectivity index (χ0v) is 15.6. The molecule has 0 saturated carbocycles. The van der Waals surface area contributed by atoms with Crippen molar-refractivity contribution < 1.29 is 13.2 Å². The van der Waals surface area contributed by atoms with Gasteiger partial charge in [-0.2, -0.15) is 0 Å². The number of hydrogen-bond donors (Lipinski definition) is 1. The third-order valence-corrected chi connectivity index (χ3v) is 5.83. The van der Waals surface area contributed by atoms with Crippen LogP contribution in [0.2, 0.25) is 0 Å². The van der Waals surface area contributed by atoms with Gasteiger partial charge in [0, 0.05) is 19.8 Å². The summed E-state index contributed by atoms with van der Waals surface area (Å²) in [7, 11) is -0.497. The van der Waals surface area contributed by atoms with Crippen LogP contribution in [0.15, 0.2) is 59.5 Å². The van der Waals surface area contributed by atoms with Crippen molar-refractivity contribution in [3.8, 4) is 0 Å². The van der Waals surface area contributed by atoms with Crippen LogP contribution in [0, 0.1) is 0 Å². The fraction of sp³-hybridized carbons (Fsp3) is 0.316. The molecule has 0 fully saturated rings. The molecule has 6 heteroatoms. The SMILES string of the molecule is CCCC(C(=O)Nc1ccc(S(=O)(=O)N(C)C)cc1)c1ccccc1. The summed E-state index contributed by atoms with van der Waals surface area (Å²) in [5.74, 6) is -0.312. The van der Waals surface area contributed by atoms with Crippen LogP contribution < -0.4 is 5.32 Å². The topological polar surface area (TPSA) is 66.5 Å². The van der Waals surface area contributed by atoms with E-state index in [2.05, 4.69) is 5.32 Å². The van der Waals surface area contributed by atoms with Gasteiger partial charge in [-0.05, 0) is 36.2 Å². The Labute approximate surface area is 149 Å². The number of nitrogens with one attached hydrogen (secondary N) is 1. The van der Waals surface area contributed by atoms with Crippen molar-refractivity contribution in [2.75, 3.05) is 19.4 Å². The van der Waals surface area contributed by atoms with E-state index in [1.54, 1.807) is 12.1 Å². The van der Waals surface area contributed by atoms with Crippen LogP contribution in [0.25, 0.3) is 0 Å². The molecule has 0 saturated heterocycles. The van der Waals surface area contributed by atoms with Gasteiger partial charge in [-0.1, -0.05) is 43.7 Å². The van der Waals surface area contributed by atoms with E-state index in [0.717, 1.165) is 22.7 Å². The number of hydrogen-bond acceptors (Lipinski definition) is 3. The second-order valence-electron chi connectivity index (χ2n) is 6.05. The second kappa shape index (κ2) is 8.27. The lowest BCUT2D eigenvalue weighted by Gasteiger charge is -2.17. The molecule has 2 rings (SSSR count). The molecule has 1 unspecified atom stereocenters. The molecule has 2 aromatic rings. The summed E-state index contributed by atoms with van der Waals surface area (Å²) < 4.78 is 25.3. The minimum Gasteiger partial charge on any atom is -0.326 e. The minimum atomic E-state index is -3.47. The standard InChI is InChI=1S/C19H24N2O3S/c1-4-8-18(15-9-6-5-7-10-15)19(22)20-16-11-13-17(14-12-16)25(23,24)21(2)3/h5-7,9-14,18H,4,8H2,1-3H3,(H,20,22). The van der Waals surface area contributed by atoms with E-state index in [4.69, 9.17) is 0 Å². The fourth-order valence-corrected chi connectivity index (χ4v) is 3.48. The molecule has 1 N–H and O–H groups in total. The van der Waals surface area contributed by atoms with Crippen molar-refractivity contribution >= 4 is 21.6 Å². The number of anilines is 1. The Bertz CT molecular complexity index is 800. The summed E-state index contributed by atoms with van der Waals surface area (Å²) in [6, 6.07) is 15.9. The summed E-state index contributed by atoms with van der Waals surface area (Å²) in [4.78, 5) is 12.9. The van der Waals surface area contributed by atoms with E-state index < -0.39 is 10.0 Å². The van der Waals surface area contributed by atoms with Gasteiger partial charge in [0.05, 0.1) is 10.8 Å². The van der Waals surface area contributed by atoms with Gasteiger partial charge in [0.1, 0.15) is 0 Å². The highest BCUT2D eigenvalue weighted by atomic mass is 32.2. The van der Waals surface area contributed by atoms with Gasteiger partial charge in [0.2, 0.25) is 15.9 Å². The Balaban J connectivity index is 2.16. The van der Waals surface area contributed by atoms with Gasteiger partial charge in [-0.25, -0.2) is 12.7 Å². The number of carbonyl (C=O) groups excluding carboxylic acids is 1. The van der Waals surface area contributed by atoms with Gasteiger partial charge in [0.25, 0.3) is 0 Å². The molecule has 0 aromatic heterocycles. The van der Waals surface area contributed by atoms with Crippen LogP contribution >= 0.6 is 0 Å². The van der Waals surface area contributed by atoms with Crippen LogP contribution in [0.3, 0.4) is 0 Å². The molecular formula is C19H24N2O3S. The molecular weight excluding hydrogens is 336 g/mol. The van der Waals surface area contributed by atoms with Gasteiger partial charge in [-0.15, -0.1) is 0 Å². The smallest absolute Gasteiger partial charge is 0.242 e. The van der Waals surface area contributed by atoms with Crippen molar-refractivity contribution in [1.82, 2.24) is 4.31 Å². The van der Waals surface area contributed by atoms with E-state index in [0.29, 0.717) is 5.69 Å². The van der Waals surface area contributed by atoms with Crippen LogP contribution in [0.4, 0.5) is 5.69 Å². The first-order valence-corrected chi connectivity index (χ1v) is 9.68. The average Bonchev–Trinajstić information content (AvgIpc) is 2.60. The van der Waals surface area contributed by atoms with Crippen molar-refractivity contribution in [1.29, 1.82) is 0 Å². The predicted octanol–water partition coefficient (Wildman–Crippen LogP) is 3.46. The number of benzene rings is 2. The monoisotopic (exact) mass is 360 g/mol. The summed E-state index contributed by atoms with van der Waals surface area (Å²) in [5.41, 5.74) is 1.56. The molecule has 0 aliphatic carbocycles. The van der Waals surface area contributed by atoms with Crippen molar-refractivity contribution in [3.63, 3.8) is 0 Å². The average molecular weight is 360 g/mol. The molecule has 1 atom stereocenters. The molecule has 2 aromatic carbocycles. The van der Waals surface area contributed by atoms with Crippen LogP contribution in [-0.2, 0) is 14.8 Å². The van der Waals surface area contributed by atoms with Crippen LogP contribution in [-0.4, -0.2) is 32.7 Å². The highest BCUT2D eigenvalue weighted by Gasteiger charge is 2.20. The zero-order chi connectivity index (χ0) is 18.4. The summed E-state index contributed by atoms with van der Waals surface area (Å²) >= 11 is 0. The maximum atomic E-state index is 12.7. The highest BCUT2D eigenvalue weighted by Crippen LogP contribution is 2.24. The number of amides is 1. The van der Waals surface area contributed by atoms with Gasteiger partial charge in [-0.3, -0.25) is 4.79 Å². The molecule has 0 aliphatic rings. The van der Waals surface area contributed by atoms with Crippen molar-refractivity contribution in [2.45, 2.75) is 30.6 Å². The lowest BCUT2D eigenvalue weighted by Crippen LogP contribution is -2.23.